The monoisotopic (exact) mass is 336 g/mol. The second kappa shape index (κ2) is 8.57. The molecule has 1 fully saturated rings. The van der Waals surface area contributed by atoms with Crippen LogP contribution in [0.1, 0.15) is 26.2 Å². The van der Waals surface area contributed by atoms with Crippen molar-refractivity contribution in [2.45, 2.75) is 32.2 Å². The third-order valence-corrected chi connectivity index (χ3v) is 4.02. The summed E-state index contributed by atoms with van der Waals surface area (Å²) in [6.45, 7) is 3.62. The number of likely N-dealkylation sites (tertiary alicyclic amines) is 1. The molecule has 1 heterocycles. The van der Waals surface area contributed by atoms with Gasteiger partial charge in [-0.3, -0.25) is 0 Å². The number of nitrogen functional groups attached to an aromatic ring is 1. The summed E-state index contributed by atoms with van der Waals surface area (Å²) in [5.74, 6) is 0. The van der Waals surface area contributed by atoms with E-state index < -0.39 is 0 Å². The van der Waals surface area contributed by atoms with Crippen LogP contribution in [-0.2, 0) is 4.74 Å². The molecule has 0 bridgehead atoms. The minimum Gasteiger partial charge on any atom is -0.450 e. The molecule has 6 nitrogen and oxygen atoms in total. The van der Waals surface area contributed by atoms with E-state index in [1.807, 2.05) is 31.2 Å². The standard InChI is InChI=1S/C16H24N4O2S/c1-2-22-16(21)20-10-5-6-12(9-11-20)18-15(23)19-14-8-4-3-7-13(14)17/h3-4,7-8,12H,2,5-6,9-11,17H2,1H3,(H2,18,19,23). The van der Waals surface area contributed by atoms with Crippen LogP contribution < -0.4 is 16.4 Å². The van der Waals surface area contributed by atoms with Crippen LogP contribution in [0.4, 0.5) is 16.2 Å². The first kappa shape index (κ1) is 17.3. The zero-order valence-electron chi connectivity index (χ0n) is 13.4. The third kappa shape index (κ3) is 5.28. The summed E-state index contributed by atoms with van der Waals surface area (Å²) in [6, 6.07) is 7.74. The number of anilines is 2. The molecular formula is C16H24N4O2S. The van der Waals surface area contributed by atoms with E-state index >= 15 is 0 Å². The summed E-state index contributed by atoms with van der Waals surface area (Å²) in [5, 5.41) is 6.99. The molecule has 7 heteroatoms. The summed E-state index contributed by atoms with van der Waals surface area (Å²) >= 11 is 5.36. The largest absolute Gasteiger partial charge is 0.450 e. The lowest BCUT2D eigenvalue weighted by Gasteiger charge is -2.21. The Morgan fingerprint density at radius 3 is 2.91 bits per heavy atom. The zero-order chi connectivity index (χ0) is 16.7. The van der Waals surface area contributed by atoms with Gasteiger partial charge in [-0.1, -0.05) is 12.1 Å². The molecule has 1 unspecified atom stereocenters. The molecule has 0 radical (unpaired) electrons. The summed E-state index contributed by atoms with van der Waals surface area (Å²) in [6.07, 6.45) is 2.49. The maximum absolute atomic E-state index is 11.8. The quantitative estimate of drug-likeness (QED) is 0.581. The van der Waals surface area contributed by atoms with Crippen LogP contribution in [0.15, 0.2) is 24.3 Å². The topological polar surface area (TPSA) is 79.6 Å². The van der Waals surface area contributed by atoms with Crippen molar-refractivity contribution in [1.82, 2.24) is 10.2 Å². The van der Waals surface area contributed by atoms with E-state index in [0.29, 0.717) is 24.0 Å². The Balaban J connectivity index is 1.83. The number of nitrogens with one attached hydrogen (secondary N) is 2. The van der Waals surface area contributed by atoms with Crippen LogP contribution in [0.3, 0.4) is 0 Å². The molecule has 1 atom stereocenters. The lowest BCUT2D eigenvalue weighted by molar-refractivity contribution is 0.108. The molecule has 1 aliphatic rings. The Labute approximate surface area is 142 Å². The molecule has 0 saturated carbocycles. The average Bonchev–Trinajstić information content (AvgIpc) is 2.75. The van der Waals surface area contributed by atoms with E-state index in [1.165, 1.54) is 0 Å². The molecule has 126 valence electrons. The number of amides is 1. The maximum atomic E-state index is 11.8. The first-order chi connectivity index (χ1) is 11.1. The van der Waals surface area contributed by atoms with E-state index in [9.17, 15) is 4.79 Å². The summed E-state index contributed by atoms with van der Waals surface area (Å²) in [7, 11) is 0. The van der Waals surface area contributed by atoms with E-state index in [0.717, 1.165) is 31.5 Å². The number of hydrogen-bond acceptors (Lipinski definition) is 4. The van der Waals surface area contributed by atoms with Crippen LogP contribution in [0.2, 0.25) is 0 Å². The fourth-order valence-corrected chi connectivity index (χ4v) is 2.87. The third-order valence-electron chi connectivity index (χ3n) is 3.80. The van der Waals surface area contributed by atoms with Gasteiger partial charge in [-0.15, -0.1) is 0 Å². The smallest absolute Gasteiger partial charge is 0.409 e. The highest BCUT2D eigenvalue weighted by atomic mass is 32.1. The van der Waals surface area contributed by atoms with Crippen molar-refractivity contribution in [3.63, 3.8) is 0 Å². The molecule has 1 aliphatic heterocycles. The minimum absolute atomic E-state index is 0.231. The van der Waals surface area contributed by atoms with Crippen LogP contribution in [-0.4, -0.2) is 41.8 Å². The van der Waals surface area contributed by atoms with Gasteiger partial charge < -0.3 is 26.0 Å². The fraction of sp³-hybridized carbons (Fsp3) is 0.500. The van der Waals surface area contributed by atoms with Crippen molar-refractivity contribution in [2.75, 3.05) is 30.7 Å². The lowest BCUT2D eigenvalue weighted by atomic mass is 10.1. The summed E-state index contributed by atoms with van der Waals surface area (Å²) in [4.78, 5) is 13.6. The number of ether oxygens (including phenoxy) is 1. The van der Waals surface area contributed by atoms with Crippen molar-refractivity contribution < 1.29 is 9.53 Å². The lowest BCUT2D eigenvalue weighted by Crippen LogP contribution is -2.39. The van der Waals surface area contributed by atoms with Gasteiger partial charge in [0.25, 0.3) is 0 Å². The zero-order valence-corrected chi connectivity index (χ0v) is 14.2. The molecule has 2 rings (SSSR count). The number of benzene rings is 1. The second-order valence-corrected chi connectivity index (χ2v) is 5.91. The molecule has 0 aliphatic carbocycles. The predicted octanol–water partition coefficient (Wildman–Crippen LogP) is 2.57. The summed E-state index contributed by atoms with van der Waals surface area (Å²) in [5.41, 5.74) is 7.36. The number of carbonyl (C=O) groups is 1. The Kier molecular flexibility index (Phi) is 6.46. The molecule has 1 amide bonds. The van der Waals surface area contributed by atoms with Crippen molar-refractivity contribution in [2.24, 2.45) is 0 Å². The van der Waals surface area contributed by atoms with E-state index in [4.69, 9.17) is 22.7 Å². The van der Waals surface area contributed by atoms with Gasteiger partial charge in [0.15, 0.2) is 5.11 Å². The highest BCUT2D eigenvalue weighted by molar-refractivity contribution is 7.80. The highest BCUT2D eigenvalue weighted by Gasteiger charge is 2.21. The van der Waals surface area contributed by atoms with Crippen LogP contribution in [0.5, 0.6) is 0 Å². The van der Waals surface area contributed by atoms with E-state index in [-0.39, 0.29) is 12.1 Å². The number of para-hydroxylation sites is 2. The Morgan fingerprint density at radius 1 is 1.39 bits per heavy atom. The molecular weight excluding hydrogens is 312 g/mol. The number of carbonyl (C=O) groups excluding carboxylic acids is 1. The Morgan fingerprint density at radius 2 is 2.17 bits per heavy atom. The van der Waals surface area contributed by atoms with Gasteiger partial charge in [0.2, 0.25) is 0 Å². The molecule has 1 aromatic rings. The molecule has 0 spiro atoms. The van der Waals surface area contributed by atoms with E-state index in [1.54, 1.807) is 4.90 Å². The molecule has 23 heavy (non-hydrogen) atoms. The Hall–Kier alpha value is -2.02. The van der Waals surface area contributed by atoms with Crippen LogP contribution in [0, 0.1) is 0 Å². The fourth-order valence-electron chi connectivity index (χ4n) is 2.59. The maximum Gasteiger partial charge on any atom is 0.409 e. The van der Waals surface area contributed by atoms with Gasteiger partial charge in [-0.2, -0.15) is 0 Å². The number of hydrogen-bond donors (Lipinski definition) is 3. The van der Waals surface area contributed by atoms with Crippen molar-refractivity contribution in [1.29, 1.82) is 0 Å². The van der Waals surface area contributed by atoms with Crippen molar-refractivity contribution in [3.05, 3.63) is 24.3 Å². The van der Waals surface area contributed by atoms with Crippen molar-refractivity contribution in [3.8, 4) is 0 Å². The van der Waals surface area contributed by atoms with Gasteiger partial charge in [-0.05, 0) is 50.5 Å². The molecule has 1 saturated heterocycles. The van der Waals surface area contributed by atoms with Gasteiger partial charge in [-0.25, -0.2) is 4.79 Å². The van der Waals surface area contributed by atoms with E-state index in [2.05, 4.69) is 10.6 Å². The minimum atomic E-state index is -0.231. The normalized spacial score (nSPS) is 18.0. The van der Waals surface area contributed by atoms with Gasteiger partial charge in [0.1, 0.15) is 0 Å². The highest BCUT2D eigenvalue weighted by Crippen LogP contribution is 2.17. The number of nitrogens with zero attached hydrogens (tertiary/aromatic N) is 1. The van der Waals surface area contributed by atoms with Crippen molar-refractivity contribution >= 4 is 34.8 Å². The average molecular weight is 336 g/mol. The first-order valence-electron chi connectivity index (χ1n) is 7.94. The second-order valence-electron chi connectivity index (χ2n) is 5.50. The van der Waals surface area contributed by atoms with Gasteiger partial charge in [0, 0.05) is 19.1 Å². The number of rotatable bonds is 3. The first-order valence-corrected chi connectivity index (χ1v) is 8.34. The van der Waals surface area contributed by atoms with Crippen LogP contribution >= 0.6 is 12.2 Å². The number of nitrogens with two attached hydrogens (primary N) is 1. The number of thiocarbonyl (C=S) groups is 1. The van der Waals surface area contributed by atoms with Gasteiger partial charge >= 0.3 is 6.09 Å². The Bertz CT molecular complexity index is 553. The van der Waals surface area contributed by atoms with Crippen LogP contribution in [0.25, 0.3) is 0 Å². The predicted molar refractivity (Wildman–Crippen MR) is 96.4 cm³/mol. The summed E-state index contributed by atoms with van der Waals surface area (Å²) < 4.78 is 5.06. The molecule has 0 aromatic heterocycles. The SMILES string of the molecule is CCOC(=O)N1CCCC(NC(=S)Nc2ccccc2N)CC1. The van der Waals surface area contributed by atoms with Gasteiger partial charge in [0.05, 0.1) is 18.0 Å². The molecule has 1 aromatic carbocycles. The molecule has 4 N–H and O–H groups in total.